The summed E-state index contributed by atoms with van der Waals surface area (Å²) in [6.07, 6.45) is 7.12. The number of benzene rings is 3. The second-order valence-electron chi connectivity index (χ2n) is 9.42. The second-order valence-corrected chi connectivity index (χ2v) is 9.42. The SMILES string of the molecule is O=C(OCc1ccccc1)N1CCC[C@@H](c2nc(-c3ccc(Oc4ccccc4)cc3)c3cnccn23)C1. The van der Waals surface area contributed by atoms with Crippen molar-refractivity contribution < 1.29 is 14.3 Å². The normalized spacial score (nSPS) is 15.4. The highest BCUT2D eigenvalue weighted by Gasteiger charge is 2.29. The Bertz CT molecular complexity index is 1520. The Morgan fingerprint density at radius 3 is 2.45 bits per heavy atom. The van der Waals surface area contributed by atoms with Gasteiger partial charge in [0.25, 0.3) is 0 Å². The maximum Gasteiger partial charge on any atom is 0.410 e. The predicted molar refractivity (Wildman–Crippen MR) is 145 cm³/mol. The van der Waals surface area contributed by atoms with Crippen molar-refractivity contribution in [2.45, 2.75) is 25.4 Å². The first-order valence-corrected chi connectivity index (χ1v) is 12.9. The van der Waals surface area contributed by atoms with Crippen LogP contribution in [0.25, 0.3) is 16.8 Å². The largest absolute Gasteiger partial charge is 0.457 e. The zero-order valence-electron chi connectivity index (χ0n) is 20.9. The van der Waals surface area contributed by atoms with E-state index < -0.39 is 0 Å². The molecule has 5 aromatic rings. The molecule has 1 fully saturated rings. The van der Waals surface area contributed by atoms with Crippen LogP contribution in [0.15, 0.2) is 104 Å². The number of ether oxygens (including phenoxy) is 2. The van der Waals surface area contributed by atoms with Gasteiger partial charge in [0.15, 0.2) is 0 Å². The van der Waals surface area contributed by atoms with E-state index in [-0.39, 0.29) is 18.6 Å². The molecule has 3 heterocycles. The molecule has 3 aromatic carbocycles. The van der Waals surface area contributed by atoms with E-state index in [2.05, 4.69) is 9.38 Å². The van der Waals surface area contributed by atoms with Crippen molar-refractivity contribution in [3.05, 3.63) is 115 Å². The molecule has 6 rings (SSSR count). The topological polar surface area (TPSA) is 69.0 Å². The highest BCUT2D eigenvalue weighted by atomic mass is 16.6. The lowest BCUT2D eigenvalue weighted by molar-refractivity contribution is 0.0853. The number of amides is 1. The van der Waals surface area contributed by atoms with Gasteiger partial charge >= 0.3 is 6.09 Å². The van der Waals surface area contributed by atoms with Gasteiger partial charge in [-0.05, 0) is 54.8 Å². The highest BCUT2D eigenvalue weighted by molar-refractivity contribution is 5.77. The molecule has 2 aromatic heterocycles. The molecule has 1 saturated heterocycles. The van der Waals surface area contributed by atoms with E-state index in [4.69, 9.17) is 14.5 Å². The number of fused-ring (bicyclic) bond motifs is 1. The van der Waals surface area contributed by atoms with Crippen molar-refractivity contribution in [2.24, 2.45) is 0 Å². The molecule has 0 aliphatic carbocycles. The summed E-state index contributed by atoms with van der Waals surface area (Å²) >= 11 is 0. The Labute approximate surface area is 221 Å². The lowest BCUT2D eigenvalue weighted by Crippen LogP contribution is -2.39. The van der Waals surface area contributed by atoms with Crippen LogP contribution in [0.1, 0.15) is 30.1 Å². The lowest BCUT2D eigenvalue weighted by Gasteiger charge is -2.31. The number of piperidine rings is 1. The molecule has 0 N–H and O–H groups in total. The van der Waals surface area contributed by atoms with Crippen LogP contribution in [0.4, 0.5) is 4.79 Å². The molecule has 0 saturated carbocycles. The van der Waals surface area contributed by atoms with Crippen LogP contribution < -0.4 is 4.74 Å². The van der Waals surface area contributed by atoms with E-state index in [0.717, 1.165) is 52.5 Å². The molecule has 0 unspecified atom stereocenters. The number of rotatable bonds is 6. The van der Waals surface area contributed by atoms with Crippen molar-refractivity contribution in [1.82, 2.24) is 19.3 Å². The fourth-order valence-corrected chi connectivity index (χ4v) is 4.93. The van der Waals surface area contributed by atoms with E-state index in [1.54, 1.807) is 11.1 Å². The van der Waals surface area contributed by atoms with Gasteiger partial charge in [0.1, 0.15) is 23.9 Å². The molecule has 190 valence electrons. The van der Waals surface area contributed by atoms with Gasteiger partial charge in [-0.25, -0.2) is 9.78 Å². The van der Waals surface area contributed by atoms with Crippen molar-refractivity contribution in [1.29, 1.82) is 0 Å². The average Bonchev–Trinajstić information content (AvgIpc) is 3.37. The maximum absolute atomic E-state index is 12.9. The summed E-state index contributed by atoms with van der Waals surface area (Å²) in [5.74, 6) is 2.59. The Kier molecular flexibility index (Phi) is 6.72. The summed E-state index contributed by atoms with van der Waals surface area (Å²) in [5.41, 5.74) is 3.76. The van der Waals surface area contributed by atoms with Crippen LogP contribution in [0.3, 0.4) is 0 Å². The number of para-hydroxylation sites is 1. The molecular weight excluding hydrogens is 476 g/mol. The summed E-state index contributed by atoms with van der Waals surface area (Å²) in [7, 11) is 0. The third kappa shape index (κ3) is 5.09. The first-order valence-electron chi connectivity index (χ1n) is 12.9. The van der Waals surface area contributed by atoms with E-state index in [1.165, 1.54) is 0 Å². The number of imidazole rings is 1. The monoisotopic (exact) mass is 504 g/mol. The van der Waals surface area contributed by atoms with Crippen molar-refractivity contribution in [2.75, 3.05) is 13.1 Å². The van der Waals surface area contributed by atoms with Gasteiger partial charge in [0, 0.05) is 37.0 Å². The summed E-state index contributed by atoms with van der Waals surface area (Å²) in [5, 5.41) is 0. The van der Waals surface area contributed by atoms with Crippen molar-refractivity contribution in [3.8, 4) is 22.8 Å². The fourth-order valence-electron chi connectivity index (χ4n) is 4.93. The predicted octanol–water partition coefficient (Wildman–Crippen LogP) is 6.70. The molecule has 1 aliphatic rings. The third-order valence-corrected chi connectivity index (χ3v) is 6.83. The van der Waals surface area contributed by atoms with E-state index >= 15 is 0 Å². The Hall–Kier alpha value is -4.65. The fraction of sp³-hybridized carbons (Fsp3) is 0.194. The number of nitrogens with zero attached hydrogens (tertiary/aromatic N) is 4. The minimum atomic E-state index is -0.282. The van der Waals surface area contributed by atoms with Gasteiger partial charge < -0.3 is 14.4 Å². The van der Waals surface area contributed by atoms with E-state index in [1.807, 2.05) is 97.3 Å². The van der Waals surface area contributed by atoms with Crippen LogP contribution in [0.2, 0.25) is 0 Å². The molecule has 1 amide bonds. The number of hydrogen-bond donors (Lipinski definition) is 0. The van der Waals surface area contributed by atoms with Crippen LogP contribution in [0, 0.1) is 0 Å². The minimum Gasteiger partial charge on any atom is -0.457 e. The van der Waals surface area contributed by atoms with Crippen LogP contribution in [-0.4, -0.2) is 38.5 Å². The van der Waals surface area contributed by atoms with Crippen LogP contribution >= 0.6 is 0 Å². The van der Waals surface area contributed by atoms with Gasteiger partial charge in [0.05, 0.1) is 17.4 Å². The minimum absolute atomic E-state index is 0.0948. The Morgan fingerprint density at radius 1 is 0.921 bits per heavy atom. The summed E-state index contributed by atoms with van der Waals surface area (Å²) < 4.78 is 13.7. The van der Waals surface area contributed by atoms with E-state index in [9.17, 15) is 4.79 Å². The van der Waals surface area contributed by atoms with Gasteiger partial charge in [-0.1, -0.05) is 48.5 Å². The highest BCUT2D eigenvalue weighted by Crippen LogP contribution is 2.33. The molecule has 0 spiro atoms. The standard InChI is InChI=1S/C31H28N4O3/c36-31(37-22-23-8-3-1-4-9-23)34-18-7-10-25(21-34)30-33-29(28-20-32-17-19-35(28)30)24-13-15-27(16-14-24)38-26-11-5-2-6-12-26/h1-6,8-9,11-17,19-20,25H,7,10,18,21-22H2/t25-/m1/s1. The number of likely N-dealkylation sites (tertiary alicyclic amines) is 1. The first kappa shape index (κ1) is 23.7. The molecule has 7 heteroatoms. The molecular formula is C31H28N4O3. The van der Waals surface area contributed by atoms with Gasteiger partial charge in [-0.3, -0.25) is 9.38 Å². The van der Waals surface area contributed by atoms with Gasteiger partial charge in [-0.2, -0.15) is 0 Å². The summed E-state index contributed by atoms with van der Waals surface area (Å²) in [4.78, 5) is 24.1. The van der Waals surface area contributed by atoms with Crippen molar-refractivity contribution >= 4 is 11.6 Å². The number of hydrogen-bond acceptors (Lipinski definition) is 5. The molecule has 1 atom stereocenters. The molecule has 1 aliphatic heterocycles. The zero-order valence-corrected chi connectivity index (χ0v) is 20.9. The summed E-state index contributed by atoms with van der Waals surface area (Å²) in [6.45, 7) is 1.52. The Balaban J connectivity index is 1.21. The summed E-state index contributed by atoms with van der Waals surface area (Å²) in [6, 6.07) is 27.4. The smallest absolute Gasteiger partial charge is 0.410 e. The quantitative estimate of drug-likeness (QED) is 0.257. The second kappa shape index (κ2) is 10.8. The number of carbonyl (C=O) groups is 1. The molecule has 38 heavy (non-hydrogen) atoms. The number of aromatic nitrogens is 3. The maximum atomic E-state index is 12.9. The van der Waals surface area contributed by atoms with E-state index in [0.29, 0.717) is 13.1 Å². The Morgan fingerprint density at radius 2 is 1.66 bits per heavy atom. The third-order valence-electron chi connectivity index (χ3n) is 6.83. The zero-order chi connectivity index (χ0) is 25.7. The number of carbonyl (C=O) groups excluding carboxylic acids is 1. The molecule has 0 bridgehead atoms. The van der Waals surface area contributed by atoms with Gasteiger partial charge in [-0.15, -0.1) is 0 Å². The average molecular weight is 505 g/mol. The van der Waals surface area contributed by atoms with Crippen LogP contribution in [0.5, 0.6) is 11.5 Å². The van der Waals surface area contributed by atoms with Crippen molar-refractivity contribution in [3.63, 3.8) is 0 Å². The lowest BCUT2D eigenvalue weighted by atomic mass is 9.97. The first-order chi connectivity index (χ1) is 18.7. The molecule has 7 nitrogen and oxygen atoms in total. The van der Waals surface area contributed by atoms with Gasteiger partial charge in [0.2, 0.25) is 0 Å². The van der Waals surface area contributed by atoms with Crippen LogP contribution in [-0.2, 0) is 11.3 Å². The molecule has 0 radical (unpaired) electrons.